The minimum Gasteiger partial charge on any atom is -0.456 e. The number of hydrogen-bond donors (Lipinski definition) is 0. The van der Waals surface area contributed by atoms with Crippen molar-refractivity contribution < 1.29 is 8.83 Å². The summed E-state index contributed by atoms with van der Waals surface area (Å²) in [6.45, 7) is 0. The van der Waals surface area contributed by atoms with Crippen molar-refractivity contribution in [1.82, 2.24) is 15.0 Å². The highest BCUT2D eigenvalue weighted by Gasteiger charge is 2.19. The maximum absolute atomic E-state index is 6.32. The fourth-order valence-electron chi connectivity index (χ4n) is 5.18. The molecule has 0 spiro atoms. The zero-order valence-electron chi connectivity index (χ0n) is 20.4. The van der Waals surface area contributed by atoms with Gasteiger partial charge in [-0.05, 0) is 30.3 Å². The van der Waals surface area contributed by atoms with E-state index in [1.54, 1.807) is 0 Å². The summed E-state index contributed by atoms with van der Waals surface area (Å²) in [5.41, 5.74) is 5.73. The summed E-state index contributed by atoms with van der Waals surface area (Å²) < 4.78 is 12.4. The number of benzene rings is 5. The maximum Gasteiger partial charge on any atom is 0.164 e. The van der Waals surface area contributed by atoms with Gasteiger partial charge in [-0.25, -0.2) is 15.0 Å². The molecule has 0 fully saturated rings. The van der Waals surface area contributed by atoms with Gasteiger partial charge >= 0.3 is 0 Å². The van der Waals surface area contributed by atoms with Gasteiger partial charge in [-0.1, -0.05) is 84.4 Å². The molecule has 0 amide bonds. The van der Waals surface area contributed by atoms with Crippen LogP contribution in [0.15, 0.2) is 118 Å². The Morgan fingerprint density at radius 2 is 1.08 bits per heavy atom. The van der Waals surface area contributed by atoms with E-state index in [0.717, 1.165) is 60.6 Å². The molecule has 184 valence electrons. The number of hydrogen-bond acceptors (Lipinski definition) is 5. The van der Waals surface area contributed by atoms with Crippen molar-refractivity contribution in [2.24, 2.45) is 0 Å². The highest BCUT2D eigenvalue weighted by atomic mass is 35.5. The van der Waals surface area contributed by atoms with Gasteiger partial charge in [0.25, 0.3) is 0 Å². The third-order valence-electron chi connectivity index (χ3n) is 6.99. The first kappa shape index (κ1) is 22.0. The van der Waals surface area contributed by atoms with Gasteiger partial charge in [0, 0.05) is 49.3 Å². The first-order valence-corrected chi connectivity index (χ1v) is 12.9. The van der Waals surface area contributed by atoms with E-state index in [1.165, 1.54) is 0 Å². The van der Waals surface area contributed by atoms with Crippen LogP contribution in [0.2, 0.25) is 5.02 Å². The second-order valence-corrected chi connectivity index (χ2v) is 9.84. The van der Waals surface area contributed by atoms with E-state index >= 15 is 0 Å². The topological polar surface area (TPSA) is 65.0 Å². The average Bonchev–Trinajstić information content (AvgIpc) is 3.53. The third-order valence-corrected chi connectivity index (χ3v) is 7.22. The zero-order chi connectivity index (χ0) is 25.9. The molecule has 0 aliphatic rings. The Morgan fingerprint density at radius 3 is 1.79 bits per heavy atom. The van der Waals surface area contributed by atoms with E-state index in [-0.39, 0.29) is 0 Å². The fourth-order valence-corrected chi connectivity index (χ4v) is 5.36. The predicted molar refractivity (Wildman–Crippen MR) is 156 cm³/mol. The van der Waals surface area contributed by atoms with E-state index < -0.39 is 0 Å². The second kappa shape index (κ2) is 8.51. The van der Waals surface area contributed by atoms with Gasteiger partial charge < -0.3 is 8.83 Å². The molecule has 3 heterocycles. The Kier molecular flexibility index (Phi) is 4.81. The van der Waals surface area contributed by atoms with Crippen molar-refractivity contribution in [3.8, 4) is 34.2 Å². The summed E-state index contributed by atoms with van der Waals surface area (Å²) in [6, 6.07) is 35.6. The van der Waals surface area contributed by atoms with Gasteiger partial charge in [-0.15, -0.1) is 0 Å². The molecule has 6 heteroatoms. The molecule has 0 aliphatic heterocycles. The summed E-state index contributed by atoms with van der Waals surface area (Å²) in [5, 5.41) is 4.50. The molecule has 8 aromatic rings. The van der Waals surface area contributed by atoms with Gasteiger partial charge in [0.05, 0.1) is 0 Å². The van der Waals surface area contributed by atoms with E-state index in [4.69, 9.17) is 35.4 Å². The lowest BCUT2D eigenvalue weighted by atomic mass is 10.0. The lowest BCUT2D eigenvalue weighted by molar-refractivity contribution is 0.656. The van der Waals surface area contributed by atoms with E-state index in [0.29, 0.717) is 22.5 Å². The largest absolute Gasteiger partial charge is 0.456 e. The van der Waals surface area contributed by atoms with E-state index in [2.05, 4.69) is 6.07 Å². The standard InChI is InChI=1S/C33H18ClN3O2/c34-21-14-15-26-23(16-21)24-17-25-29(18-28(24)38-26)39-27-13-7-12-22(30(25)27)33-36-31(19-8-3-1-4-9-19)35-32(37-33)20-10-5-2-6-11-20/h1-18H. The predicted octanol–water partition coefficient (Wildman–Crippen LogP) is 9.32. The smallest absolute Gasteiger partial charge is 0.164 e. The van der Waals surface area contributed by atoms with Crippen LogP contribution in [-0.4, -0.2) is 15.0 Å². The molecule has 0 aliphatic carbocycles. The van der Waals surface area contributed by atoms with Crippen molar-refractivity contribution in [3.05, 3.63) is 114 Å². The van der Waals surface area contributed by atoms with E-state index in [9.17, 15) is 0 Å². The Hall–Kier alpha value is -5.00. The number of nitrogens with zero attached hydrogens (tertiary/aromatic N) is 3. The molecule has 0 N–H and O–H groups in total. The minimum absolute atomic E-state index is 0.580. The summed E-state index contributed by atoms with van der Waals surface area (Å²) in [7, 11) is 0. The van der Waals surface area contributed by atoms with Crippen molar-refractivity contribution in [3.63, 3.8) is 0 Å². The first-order chi connectivity index (χ1) is 19.2. The lowest BCUT2D eigenvalue weighted by Gasteiger charge is -2.09. The van der Waals surface area contributed by atoms with Crippen LogP contribution in [0.1, 0.15) is 0 Å². The molecule has 39 heavy (non-hydrogen) atoms. The Morgan fingerprint density at radius 1 is 0.462 bits per heavy atom. The van der Waals surface area contributed by atoms with Gasteiger partial charge in [0.1, 0.15) is 22.3 Å². The molecule has 0 saturated carbocycles. The van der Waals surface area contributed by atoms with Gasteiger partial charge in [0.15, 0.2) is 17.5 Å². The summed E-state index contributed by atoms with van der Waals surface area (Å²) in [6.07, 6.45) is 0. The molecular weight excluding hydrogens is 506 g/mol. The van der Waals surface area contributed by atoms with Crippen LogP contribution in [0.4, 0.5) is 0 Å². The normalized spacial score (nSPS) is 11.7. The number of furan rings is 2. The molecular formula is C33H18ClN3O2. The monoisotopic (exact) mass is 523 g/mol. The van der Waals surface area contributed by atoms with Crippen LogP contribution in [0.3, 0.4) is 0 Å². The number of rotatable bonds is 3. The zero-order valence-corrected chi connectivity index (χ0v) is 21.2. The highest BCUT2D eigenvalue weighted by Crippen LogP contribution is 2.40. The molecule has 3 aromatic heterocycles. The minimum atomic E-state index is 0.580. The summed E-state index contributed by atoms with van der Waals surface area (Å²) in [4.78, 5) is 14.7. The van der Waals surface area contributed by atoms with Crippen molar-refractivity contribution >= 4 is 55.5 Å². The van der Waals surface area contributed by atoms with Crippen LogP contribution in [0.5, 0.6) is 0 Å². The maximum atomic E-state index is 6.32. The number of halogens is 1. The summed E-state index contributed by atoms with van der Waals surface area (Å²) >= 11 is 6.32. The molecule has 8 rings (SSSR count). The summed E-state index contributed by atoms with van der Waals surface area (Å²) in [5.74, 6) is 1.81. The van der Waals surface area contributed by atoms with Crippen LogP contribution >= 0.6 is 11.6 Å². The average molecular weight is 524 g/mol. The van der Waals surface area contributed by atoms with Crippen molar-refractivity contribution in [1.29, 1.82) is 0 Å². The van der Waals surface area contributed by atoms with Crippen molar-refractivity contribution in [2.45, 2.75) is 0 Å². The van der Waals surface area contributed by atoms with Crippen LogP contribution in [0, 0.1) is 0 Å². The quantitative estimate of drug-likeness (QED) is 0.231. The van der Waals surface area contributed by atoms with Crippen LogP contribution in [0.25, 0.3) is 78.0 Å². The molecule has 0 atom stereocenters. The van der Waals surface area contributed by atoms with Gasteiger partial charge in [0.2, 0.25) is 0 Å². The van der Waals surface area contributed by atoms with Crippen LogP contribution in [-0.2, 0) is 0 Å². The number of fused-ring (bicyclic) bond motifs is 6. The Balaban J connectivity index is 1.43. The molecule has 0 unspecified atom stereocenters. The first-order valence-electron chi connectivity index (χ1n) is 12.6. The molecule has 5 aromatic carbocycles. The third kappa shape index (κ3) is 3.59. The lowest BCUT2D eigenvalue weighted by Crippen LogP contribution is -2.00. The molecule has 0 saturated heterocycles. The Labute approximate surface area is 227 Å². The molecule has 5 nitrogen and oxygen atoms in total. The Bertz CT molecular complexity index is 2130. The fraction of sp³-hybridized carbons (Fsp3) is 0. The molecule has 0 radical (unpaired) electrons. The van der Waals surface area contributed by atoms with Crippen molar-refractivity contribution in [2.75, 3.05) is 0 Å². The van der Waals surface area contributed by atoms with Crippen LogP contribution < -0.4 is 0 Å². The number of aromatic nitrogens is 3. The highest BCUT2D eigenvalue weighted by molar-refractivity contribution is 6.32. The molecule has 0 bridgehead atoms. The van der Waals surface area contributed by atoms with Gasteiger partial charge in [-0.3, -0.25) is 0 Å². The van der Waals surface area contributed by atoms with Gasteiger partial charge in [-0.2, -0.15) is 0 Å². The van der Waals surface area contributed by atoms with E-state index in [1.807, 2.05) is 103 Å². The second-order valence-electron chi connectivity index (χ2n) is 9.41. The SMILES string of the molecule is Clc1ccc2oc3cc4oc5cccc(-c6nc(-c7ccccc7)nc(-c7ccccc7)n6)c5c4cc3c2c1.